The number of anilines is 1. The van der Waals surface area contributed by atoms with Crippen molar-refractivity contribution in [2.75, 3.05) is 11.4 Å². The zero-order chi connectivity index (χ0) is 14.8. The molecule has 2 aliphatic rings. The Labute approximate surface area is 125 Å². The van der Waals surface area contributed by atoms with Crippen LogP contribution in [0.4, 0.5) is 10.1 Å². The Morgan fingerprint density at radius 3 is 2.81 bits per heavy atom. The predicted octanol–water partition coefficient (Wildman–Crippen LogP) is 3.10. The first kappa shape index (κ1) is 14.5. The van der Waals surface area contributed by atoms with Gasteiger partial charge in [-0.05, 0) is 44.2 Å². The van der Waals surface area contributed by atoms with E-state index in [4.69, 9.17) is 0 Å². The number of nitrogens with zero attached hydrogens (tertiary/aromatic N) is 1. The number of hydrogen-bond acceptors (Lipinski definition) is 2. The molecule has 0 spiro atoms. The summed E-state index contributed by atoms with van der Waals surface area (Å²) in [5.41, 5.74) is 0.390. The van der Waals surface area contributed by atoms with E-state index in [-0.39, 0.29) is 17.8 Å². The largest absolute Gasteiger partial charge is 0.309 e. The second-order valence-electron chi connectivity index (χ2n) is 6.14. The SMILES string of the molecule is CCN(C(=O)C1CC2CCCCC2N1)c1ccccc1F. The fraction of sp³-hybridized carbons (Fsp3) is 0.588. The van der Waals surface area contributed by atoms with E-state index < -0.39 is 0 Å². The third-order valence-corrected chi connectivity index (χ3v) is 4.89. The zero-order valence-electron chi connectivity index (χ0n) is 12.5. The van der Waals surface area contributed by atoms with Gasteiger partial charge in [-0.1, -0.05) is 25.0 Å². The summed E-state index contributed by atoms with van der Waals surface area (Å²) in [7, 11) is 0. The second-order valence-corrected chi connectivity index (χ2v) is 6.14. The molecule has 3 unspecified atom stereocenters. The van der Waals surface area contributed by atoms with E-state index in [0.29, 0.717) is 24.2 Å². The maximum atomic E-state index is 14.0. The van der Waals surface area contributed by atoms with Crippen molar-refractivity contribution in [1.82, 2.24) is 5.32 Å². The standard InChI is InChI=1S/C17H23FN2O/c1-2-20(16-10-6-4-8-13(16)18)17(21)15-11-12-7-3-5-9-14(12)19-15/h4,6,8,10,12,14-15,19H,2-3,5,7,9,11H2,1H3. The average Bonchev–Trinajstić information content (AvgIpc) is 2.93. The Morgan fingerprint density at radius 2 is 2.10 bits per heavy atom. The van der Waals surface area contributed by atoms with Gasteiger partial charge in [-0.25, -0.2) is 4.39 Å². The second kappa shape index (κ2) is 6.14. The molecule has 0 bridgehead atoms. The molecule has 1 amide bonds. The quantitative estimate of drug-likeness (QED) is 0.927. The summed E-state index contributed by atoms with van der Waals surface area (Å²) < 4.78 is 14.0. The number of fused-ring (bicyclic) bond motifs is 1. The van der Waals surface area contributed by atoms with Crippen LogP contribution in [0, 0.1) is 11.7 Å². The highest BCUT2D eigenvalue weighted by Gasteiger charge is 2.39. The molecule has 3 rings (SSSR count). The number of amides is 1. The van der Waals surface area contributed by atoms with Gasteiger partial charge >= 0.3 is 0 Å². The number of nitrogens with one attached hydrogen (secondary N) is 1. The number of para-hydroxylation sites is 1. The summed E-state index contributed by atoms with van der Waals surface area (Å²) in [6.07, 6.45) is 5.80. The van der Waals surface area contributed by atoms with Gasteiger partial charge in [-0.15, -0.1) is 0 Å². The van der Waals surface area contributed by atoms with Crippen LogP contribution in [-0.4, -0.2) is 24.5 Å². The molecule has 2 fully saturated rings. The van der Waals surface area contributed by atoms with Gasteiger partial charge in [-0.3, -0.25) is 4.79 Å². The average molecular weight is 290 g/mol. The molecule has 1 saturated heterocycles. The van der Waals surface area contributed by atoms with Gasteiger partial charge in [0, 0.05) is 12.6 Å². The zero-order valence-corrected chi connectivity index (χ0v) is 12.5. The lowest BCUT2D eigenvalue weighted by atomic mass is 9.85. The molecule has 4 heteroatoms. The number of carbonyl (C=O) groups is 1. The molecule has 0 radical (unpaired) electrons. The minimum atomic E-state index is -0.330. The first-order chi connectivity index (χ1) is 10.2. The van der Waals surface area contributed by atoms with Crippen molar-refractivity contribution in [3.8, 4) is 0 Å². The van der Waals surface area contributed by atoms with Crippen molar-refractivity contribution < 1.29 is 9.18 Å². The molecule has 1 N–H and O–H groups in total. The summed E-state index contributed by atoms with van der Waals surface area (Å²) in [6.45, 7) is 2.39. The number of hydrogen-bond donors (Lipinski definition) is 1. The van der Waals surface area contributed by atoms with Crippen LogP contribution in [0.5, 0.6) is 0 Å². The predicted molar refractivity (Wildman–Crippen MR) is 81.7 cm³/mol. The Morgan fingerprint density at radius 1 is 1.33 bits per heavy atom. The van der Waals surface area contributed by atoms with E-state index in [1.807, 2.05) is 6.92 Å². The van der Waals surface area contributed by atoms with Crippen LogP contribution in [0.25, 0.3) is 0 Å². The smallest absolute Gasteiger partial charge is 0.244 e. The molecule has 0 aromatic heterocycles. The van der Waals surface area contributed by atoms with Gasteiger partial charge in [0.2, 0.25) is 5.91 Å². The van der Waals surface area contributed by atoms with E-state index >= 15 is 0 Å². The highest BCUT2D eigenvalue weighted by molar-refractivity contribution is 5.97. The van der Waals surface area contributed by atoms with Crippen LogP contribution < -0.4 is 10.2 Å². The summed E-state index contributed by atoms with van der Waals surface area (Å²) >= 11 is 0. The lowest BCUT2D eigenvalue weighted by Crippen LogP contribution is -2.46. The summed E-state index contributed by atoms with van der Waals surface area (Å²) in [6, 6.07) is 6.84. The van der Waals surface area contributed by atoms with Gasteiger partial charge in [0.15, 0.2) is 0 Å². The van der Waals surface area contributed by atoms with Crippen molar-refractivity contribution in [2.24, 2.45) is 5.92 Å². The van der Waals surface area contributed by atoms with Gasteiger partial charge in [0.05, 0.1) is 11.7 Å². The van der Waals surface area contributed by atoms with Crippen molar-refractivity contribution >= 4 is 11.6 Å². The highest BCUT2D eigenvalue weighted by Crippen LogP contribution is 2.34. The van der Waals surface area contributed by atoms with E-state index in [1.165, 1.54) is 31.7 Å². The van der Waals surface area contributed by atoms with Crippen LogP contribution in [0.2, 0.25) is 0 Å². The third-order valence-electron chi connectivity index (χ3n) is 4.89. The maximum absolute atomic E-state index is 14.0. The number of benzene rings is 1. The van der Waals surface area contributed by atoms with Crippen molar-refractivity contribution in [1.29, 1.82) is 0 Å². The number of likely N-dealkylation sites (N-methyl/N-ethyl adjacent to an activating group) is 1. The van der Waals surface area contributed by atoms with Gasteiger partial charge in [-0.2, -0.15) is 0 Å². The minimum absolute atomic E-state index is 0.0111. The van der Waals surface area contributed by atoms with Crippen LogP contribution >= 0.6 is 0 Å². The molecule has 1 heterocycles. The van der Waals surface area contributed by atoms with Crippen LogP contribution in [0.1, 0.15) is 39.0 Å². The molecule has 1 aromatic rings. The Balaban J connectivity index is 1.76. The molecule has 1 aromatic carbocycles. The Kier molecular flexibility index (Phi) is 4.24. The molecule has 3 nitrogen and oxygen atoms in total. The minimum Gasteiger partial charge on any atom is -0.309 e. The molecular weight excluding hydrogens is 267 g/mol. The van der Waals surface area contributed by atoms with Crippen LogP contribution in [-0.2, 0) is 4.79 Å². The molecule has 1 aliphatic heterocycles. The first-order valence-electron chi connectivity index (χ1n) is 8.02. The number of halogens is 1. The lowest BCUT2D eigenvalue weighted by Gasteiger charge is -2.25. The van der Waals surface area contributed by atoms with E-state index in [1.54, 1.807) is 23.1 Å². The lowest BCUT2D eigenvalue weighted by molar-refractivity contribution is -0.120. The van der Waals surface area contributed by atoms with Crippen molar-refractivity contribution in [2.45, 2.75) is 51.1 Å². The molecule has 1 aliphatic carbocycles. The summed E-state index contributed by atoms with van der Waals surface area (Å²) in [5, 5.41) is 3.48. The fourth-order valence-electron chi connectivity index (χ4n) is 3.81. The van der Waals surface area contributed by atoms with Crippen LogP contribution in [0.15, 0.2) is 24.3 Å². The van der Waals surface area contributed by atoms with Crippen molar-refractivity contribution in [3.63, 3.8) is 0 Å². The Bertz CT molecular complexity index is 505. The van der Waals surface area contributed by atoms with E-state index in [2.05, 4.69) is 5.32 Å². The summed E-state index contributed by atoms with van der Waals surface area (Å²) in [5.74, 6) is 0.298. The fourth-order valence-corrected chi connectivity index (χ4v) is 3.81. The summed E-state index contributed by atoms with van der Waals surface area (Å²) in [4.78, 5) is 14.3. The highest BCUT2D eigenvalue weighted by atomic mass is 19.1. The number of rotatable bonds is 3. The normalized spacial score (nSPS) is 28.2. The molecule has 21 heavy (non-hydrogen) atoms. The molecular formula is C17H23FN2O. The van der Waals surface area contributed by atoms with E-state index in [0.717, 1.165) is 6.42 Å². The van der Waals surface area contributed by atoms with Gasteiger partial charge in [0.1, 0.15) is 5.82 Å². The first-order valence-corrected chi connectivity index (χ1v) is 8.02. The maximum Gasteiger partial charge on any atom is 0.244 e. The van der Waals surface area contributed by atoms with E-state index in [9.17, 15) is 9.18 Å². The molecule has 3 atom stereocenters. The topological polar surface area (TPSA) is 32.3 Å². The Hall–Kier alpha value is -1.42. The number of carbonyl (C=O) groups excluding carboxylic acids is 1. The van der Waals surface area contributed by atoms with Crippen molar-refractivity contribution in [3.05, 3.63) is 30.1 Å². The van der Waals surface area contributed by atoms with Crippen LogP contribution in [0.3, 0.4) is 0 Å². The van der Waals surface area contributed by atoms with Gasteiger partial charge < -0.3 is 10.2 Å². The monoisotopic (exact) mass is 290 g/mol. The van der Waals surface area contributed by atoms with Gasteiger partial charge in [0.25, 0.3) is 0 Å². The third kappa shape index (κ3) is 2.82. The molecule has 1 saturated carbocycles. The molecule has 114 valence electrons.